The summed E-state index contributed by atoms with van der Waals surface area (Å²) < 4.78 is 10.9. The van der Waals surface area contributed by atoms with E-state index in [1.54, 1.807) is 24.3 Å². The molecule has 38 heavy (non-hydrogen) atoms. The molecule has 7 heteroatoms. The molecule has 3 aromatic rings. The number of hydrogen-bond acceptors (Lipinski definition) is 6. The standard InChI is InChI=1S/C31H28N2O5/c1-37-29(34)16-22-15-23(33(31(22)36)13-5-8-20-6-3-2-4-7-20)19-38-24-10-12-26-25-11-9-21(18-32)14-27(25)30(35)28(26)17-24/h2-4,6-7,9-12,14,17,22-23H,5,8,13,15-16,19H2,1H3/t22-,23-/m0/s1. The minimum absolute atomic E-state index is 0.0510. The van der Waals surface area contributed by atoms with Crippen LogP contribution in [0, 0.1) is 17.2 Å². The quantitative estimate of drug-likeness (QED) is 0.308. The fourth-order valence-electron chi connectivity index (χ4n) is 5.38. The summed E-state index contributed by atoms with van der Waals surface area (Å²) in [6, 6.07) is 22.6. The highest BCUT2D eigenvalue weighted by molar-refractivity contribution is 6.22. The van der Waals surface area contributed by atoms with Crippen molar-refractivity contribution >= 4 is 17.7 Å². The van der Waals surface area contributed by atoms with E-state index in [1.165, 1.54) is 12.7 Å². The summed E-state index contributed by atoms with van der Waals surface area (Å²) in [5.74, 6) is -0.471. The number of ketones is 1. The lowest BCUT2D eigenvalue weighted by Gasteiger charge is -2.25. The van der Waals surface area contributed by atoms with Gasteiger partial charge in [0.25, 0.3) is 0 Å². The van der Waals surface area contributed by atoms with E-state index in [0.717, 1.165) is 24.0 Å². The molecule has 0 bridgehead atoms. The maximum atomic E-state index is 13.2. The lowest BCUT2D eigenvalue weighted by Crippen LogP contribution is -2.38. The second-order valence-corrected chi connectivity index (χ2v) is 9.71. The first-order chi connectivity index (χ1) is 18.5. The SMILES string of the molecule is COC(=O)C[C@@H]1C[C@@H](COc2ccc3c(c2)C(=O)c2cc(C#N)ccc2-3)N(CCCc2ccccc2)C1=O. The van der Waals surface area contributed by atoms with Crippen molar-refractivity contribution in [1.29, 1.82) is 5.26 Å². The molecule has 1 fully saturated rings. The first-order valence-electron chi connectivity index (χ1n) is 12.8. The Morgan fingerprint density at radius 1 is 1.00 bits per heavy atom. The van der Waals surface area contributed by atoms with Crippen LogP contribution in [-0.4, -0.2) is 48.9 Å². The summed E-state index contributed by atoms with van der Waals surface area (Å²) in [6.07, 6.45) is 2.21. The maximum absolute atomic E-state index is 13.2. The first kappa shape index (κ1) is 25.2. The number of ether oxygens (including phenoxy) is 2. The van der Waals surface area contributed by atoms with Crippen LogP contribution in [0.1, 0.15) is 46.3 Å². The third-order valence-electron chi connectivity index (χ3n) is 7.34. The zero-order valence-electron chi connectivity index (χ0n) is 21.2. The Kier molecular flexibility index (Phi) is 7.23. The van der Waals surface area contributed by atoms with Gasteiger partial charge in [-0.2, -0.15) is 5.26 Å². The second-order valence-electron chi connectivity index (χ2n) is 9.71. The van der Waals surface area contributed by atoms with Gasteiger partial charge < -0.3 is 14.4 Å². The van der Waals surface area contributed by atoms with Crippen LogP contribution in [0.4, 0.5) is 0 Å². The number of carbonyl (C=O) groups excluding carboxylic acids is 3. The minimum Gasteiger partial charge on any atom is -0.491 e. The fraction of sp³-hybridized carbons (Fsp3) is 0.290. The number of amides is 1. The number of aryl methyl sites for hydroxylation is 1. The Morgan fingerprint density at radius 2 is 1.74 bits per heavy atom. The molecule has 3 aromatic carbocycles. The van der Waals surface area contributed by atoms with Gasteiger partial charge in [-0.25, -0.2) is 0 Å². The highest BCUT2D eigenvalue weighted by Gasteiger charge is 2.40. The van der Waals surface area contributed by atoms with Gasteiger partial charge in [0.15, 0.2) is 5.78 Å². The molecule has 1 aliphatic carbocycles. The second kappa shape index (κ2) is 10.9. The number of esters is 1. The molecule has 0 spiro atoms. The van der Waals surface area contributed by atoms with Gasteiger partial charge in [-0.1, -0.05) is 36.4 Å². The molecule has 2 aliphatic rings. The molecule has 1 heterocycles. The molecule has 0 saturated carbocycles. The van der Waals surface area contributed by atoms with Gasteiger partial charge in [0, 0.05) is 17.7 Å². The average Bonchev–Trinajstić information content (AvgIpc) is 3.40. The molecule has 0 aromatic heterocycles. The zero-order valence-corrected chi connectivity index (χ0v) is 21.2. The van der Waals surface area contributed by atoms with E-state index in [1.807, 2.05) is 35.2 Å². The van der Waals surface area contributed by atoms with Gasteiger partial charge in [-0.3, -0.25) is 14.4 Å². The van der Waals surface area contributed by atoms with Gasteiger partial charge in [-0.15, -0.1) is 0 Å². The van der Waals surface area contributed by atoms with Crippen molar-refractivity contribution in [3.63, 3.8) is 0 Å². The van der Waals surface area contributed by atoms with Crippen molar-refractivity contribution in [1.82, 2.24) is 4.90 Å². The molecular weight excluding hydrogens is 480 g/mol. The van der Waals surface area contributed by atoms with Gasteiger partial charge in [0.1, 0.15) is 12.4 Å². The van der Waals surface area contributed by atoms with E-state index in [0.29, 0.717) is 35.4 Å². The Morgan fingerprint density at radius 3 is 2.47 bits per heavy atom. The molecule has 1 amide bonds. The number of nitriles is 1. The number of fused-ring (bicyclic) bond motifs is 3. The van der Waals surface area contributed by atoms with Crippen molar-refractivity contribution in [3.8, 4) is 22.9 Å². The van der Waals surface area contributed by atoms with Crippen molar-refractivity contribution in [2.45, 2.75) is 31.7 Å². The Balaban J connectivity index is 1.28. The number of rotatable bonds is 9. The Bertz CT molecular complexity index is 1430. The van der Waals surface area contributed by atoms with Crippen LogP contribution in [0.25, 0.3) is 11.1 Å². The number of carbonyl (C=O) groups is 3. The normalized spacial score (nSPS) is 17.6. The highest BCUT2D eigenvalue weighted by atomic mass is 16.5. The number of benzene rings is 3. The van der Waals surface area contributed by atoms with E-state index in [-0.39, 0.29) is 30.8 Å². The van der Waals surface area contributed by atoms with Crippen LogP contribution in [0.15, 0.2) is 66.7 Å². The molecule has 2 atom stereocenters. The van der Waals surface area contributed by atoms with E-state index < -0.39 is 11.9 Å². The van der Waals surface area contributed by atoms with Crippen LogP contribution < -0.4 is 4.74 Å². The van der Waals surface area contributed by atoms with E-state index >= 15 is 0 Å². The van der Waals surface area contributed by atoms with E-state index in [4.69, 9.17) is 9.47 Å². The predicted octanol–water partition coefficient (Wildman–Crippen LogP) is 4.56. The average molecular weight is 509 g/mol. The van der Waals surface area contributed by atoms with Gasteiger partial charge in [0.05, 0.1) is 37.1 Å². The summed E-state index contributed by atoms with van der Waals surface area (Å²) in [7, 11) is 1.33. The summed E-state index contributed by atoms with van der Waals surface area (Å²) in [5, 5.41) is 9.19. The molecule has 0 N–H and O–H groups in total. The third kappa shape index (κ3) is 5.03. The number of hydrogen-bond donors (Lipinski definition) is 0. The highest BCUT2D eigenvalue weighted by Crippen LogP contribution is 2.39. The molecule has 192 valence electrons. The lowest BCUT2D eigenvalue weighted by molar-refractivity contribution is -0.144. The molecule has 1 aliphatic heterocycles. The van der Waals surface area contributed by atoms with E-state index in [2.05, 4.69) is 18.2 Å². The molecule has 7 nitrogen and oxygen atoms in total. The molecule has 1 saturated heterocycles. The fourth-order valence-corrected chi connectivity index (χ4v) is 5.38. The van der Waals surface area contributed by atoms with Gasteiger partial charge in [0.2, 0.25) is 5.91 Å². The molecule has 0 unspecified atom stereocenters. The third-order valence-corrected chi connectivity index (χ3v) is 7.34. The molecular formula is C31H28N2O5. The summed E-state index contributed by atoms with van der Waals surface area (Å²) in [5.41, 5.74) is 4.35. The van der Waals surface area contributed by atoms with Crippen LogP contribution in [0.2, 0.25) is 0 Å². The summed E-state index contributed by atoms with van der Waals surface area (Å²) >= 11 is 0. The predicted molar refractivity (Wildman–Crippen MR) is 141 cm³/mol. The minimum atomic E-state index is -0.432. The summed E-state index contributed by atoms with van der Waals surface area (Å²) in [6.45, 7) is 0.825. The van der Waals surface area contributed by atoms with Crippen LogP contribution in [0.5, 0.6) is 5.75 Å². The topological polar surface area (TPSA) is 96.7 Å². The van der Waals surface area contributed by atoms with Crippen molar-refractivity contribution in [2.75, 3.05) is 20.3 Å². The lowest BCUT2D eigenvalue weighted by atomic mass is 10.0. The first-order valence-corrected chi connectivity index (χ1v) is 12.8. The van der Waals surface area contributed by atoms with Crippen molar-refractivity contribution in [3.05, 3.63) is 89.0 Å². The Hall–Kier alpha value is -4.44. The van der Waals surface area contributed by atoms with E-state index in [9.17, 15) is 19.6 Å². The Labute approximate surface area is 221 Å². The largest absolute Gasteiger partial charge is 0.491 e. The van der Waals surface area contributed by atoms with Crippen LogP contribution in [-0.2, 0) is 20.7 Å². The van der Waals surface area contributed by atoms with Crippen LogP contribution >= 0.6 is 0 Å². The number of nitrogens with zero attached hydrogens (tertiary/aromatic N) is 2. The van der Waals surface area contributed by atoms with Crippen LogP contribution in [0.3, 0.4) is 0 Å². The smallest absolute Gasteiger partial charge is 0.306 e. The number of likely N-dealkylation sites (tertiary alicyclic amines) is 1. The van der Waals surface area contributed by atoms with Crippen molar-refractivity contribution in [2.24, 2.45) is 5.92 Å². The monoisotopic (exact) mass is 508 g/mol. The molecule has 0 radical (unpaired) electrons. The van der Waals surface area contributed by atoms with Crippen molar-refractivity contribution < 1.29 is 23.9 Å². The maximum Gasteiger partial charge on any atom is 0.306 e. The van der Waals surface area contributed by atoms with Gasteiger partial charge in [-0.05, 0) is 66.3 Å². The summed E-state index contributed by atoms with van der Waals surface area (Å²) in [4.78, 5) is 39.9. The molecule has 5 rings (SSSR count). The zero-order chi connectivity index (χ0) is 26.6. The number of methoxy groups -OCH3 is 1. The van der Waals surface area contributed by atoms with Gasteiger partial charge >= 0.3 is 5.97 Å².